The molecule has 1 N–H and O–H groups in total. The molecule has 0 aliphatic heterocycles. The van der Waals surface area contributed by atoms with E-state index in [-0.39, 0.29) is 12.4 Å². The molecule has 0 unspecified atom stereocenters. The van der Waals surface area contributed by atoms with Crippen molar-refractivity contribution in [3.8, 4) is 5.75 Å². The zero-order valence-corrected chi connectivity index (χ0v) is 14.4. The molecule has 0 spiro atoms. The third-order valence-electron chi connectivity index (χ3n) is 2.46. The van der Waals surface area contributed by atoms with Gasteiger partial charge in [-0.15, -0.1) is 0 Å². The van der Waals surface area contributed by atoms with Crippen molar-refractivity contribution < 1.29 is 13.9 Å². The number of ether oxygens (including phenoxy) is 1. The summed E-state index contributed by atoms with van der Waals surface area (Å²) < 4.78 is 20.1. The lowest BCUT2D eigenvalue weighted by Gasteiger charge is -2.09. The minimum absolute atomic E-state index is 0.00949. The minimum Gasteiger partial charge on any atom is -0.481 e. The monoisotopic (exact) mass is 435 g/mol. The van der Waals surface area contributed by atoms with Crippen LogP contribution in [0, 0.1) is 5.82 Å². The van der Waals surface area contributed by atoms with Crippen LogP contribution < -0.4 is 10.1 Å². The summed E-state index contributed by atoms with van der Waals surface area (Å²) in [5, 5.41) is 2.99. The van der Waals surface area contributed by atoms with Gasteiger partial charge in [-0.3, -0.25) is 4.79 Å². The molecule has 2 aromatic carbocycles. The molecular weight excluding hydrogens is 428 g/mol. The van der Waals surface area contributed by atoms with Crippen LogP contribution >= 0.6 is 43.5 Å². The van der Waals surface area contributed by atoms with Crippen LogP contribution in [0.25, 0.3) is 0 Å². The van der Waals surface area contributed by atoms with Crippen LogP contribution in [-0.4, -0.2) is 12.5 Å². The van der Waals surface area contributed by atoms with Crippen LogP contribution in [0.3, 0.4) is 0 Å². The number of carbonyl (C=O) groups excluding carboxylic acids is 1. The SMILES string of the molecule is O=C(COc1ccc(Br)cc1F)Nc1ccc(Br)cc1Cl. The maximum absolute atomic E-state index is 13.5. The lowest BCUT2D eigenvalue weighted by Crippen LogP contribution is -2.20. The van der Waals surface area contributed by atoms with Gasteiger partial charge in [-0.05, 0) is 36.4 Å². The van der Waals surface area contributed by atoms with Gasteiger partial charge in [0.1, 0.15) is 0 Å². The first-order chi connectivity index (χ1) is 9.95. The molecule has 0 aromatic heterocycles. The highest BCUT2D eigenvalue weighted by molar-refractivity contribution is 9.10. The van der Waals surface area contributed by atoms with Crippen molar-refractivity contribution in [1.29, 1.82) is 0 Å². The van der Waals surface area contributed by atoms with Crippen LogP contribution in [0.15, 0.2) is 45.3 Å². The molecule has 7 heteroatoms. The summed E-state index contributed by atoms with van der Waals surface area (Å²) in [4.78, 5) is 11.8. The van der Waals surface area contributed by atoms with Gasteiger partial charge in [-0.25, -0.2) is 4.39 Å². The molecule has 2 aromatic rings. The van der Waals surface area contributed by atoms with E-state index in [2.05, 4.69) is 37.2 Å². The highest BCUT2D eigenvalue weighted by Crippen LogP contribution is 2.26. The summed E-state index contributed by atoms with van der Waals surface area (Å²) >= 11 is 12.4. The summed E-state index contributed by atoms with van der Waals surface area (Å²) in [5.74, 6) is -0.962. The van der Waals surface area contributed by atoms with Gasteiger partial charge in [0, 0.05) is 8.95 Å². The number of hydrogen-bond donors (Lipinski definition) is 1. The minimum atomic E-state index is -0.543. The second-order valence-electron chi connectivity index (χ2n) is 4.04. The number of anilines is 1. The second-order valence-corrected chi connectivity index (χ2v) is 6.27. The van der Waals surface area contributed by atoms with Crippen molar-refractivity contribution in [2.75, 3.05) is 11.9 Å². The Morgan fingerprint density at radius 3 is 2.52 bits per heavy atom. The zero-order valence-electron chi connectivity index (χ0n) is 10.5. The summed E-state index contributed by atoms with van der Waals surface area (Å²) in [6, 6.07) is 9.40. The fraction of sp³-hybridized carbons (Fsp3) is 0.0714. The van der Waals surface area contributed by atoms with E-state index in [9.17, 15) is 9.18 Å². The van der Waals surface area contributed by atoms with Crippen LogP contribution in [0.2, 0.25) is 5.02 Å². The Labute approximate surface area is 142 Å². The van der Waals surface area contributed by atoms with Crippen molar-refractivity contribution in [1.82, 2.24) is 0 Å². The van der Waals surface area contributed by atoms with Gasteiger partial charge >= 0.3 is 0 Å². The van der Waals surface area contributed by atoms with Gasteiger partial charge in [-0.2, -0.15) is 0 Å². The first kappa shape index (κ1) is 16.3. The number of carbonyl (C=O) groups is 1. The quantitative estimate of drug-likeness (QED) is 0.729. The highest BCUT2D eigenvalue weighted by Gasteiger charge is 2.09. The van der Waals surface area contributed by atoms with E-state index in [1.54, 1.807) is 24.3 Å². The zero-order chi connectivity index (χ0) is 15.4. The Morgan fingerprint density at radius 1 is 1.19 bits per heavy atom. The molecule has 0 atom stereocenters. The molecule has 0 aliphatic rings. The number of hydrogen-bond acceptors (Lipinski definition) is 2. The molecule has 1 amide bonds. The van der Waals surface area contributed by atoms with E-state index < -0.39 is 11.7 Å². The van der Waals surface area contributed by atoms with Crippen molar-refractivity contribution in [2.24, 2.45) is 0 Å². The molecule has 0 bridgehead atoms. The van der Waals surface area contributed by atoms with Gasteiger partial charge in [0.25, 0.3) is 5.91 Å². The molecule has 0 saturated carbocycles. The van der Waals surface area contributed by atoms with Gasteiger partial charge < -0.3 is 10.1 Å². The average molecular weight is 437 g/mol. The predicted octanol–water partition coefficient (Wildman–Crippen LogP) is 5.02. The topological polar surface area (TPSA) is 38.3 Å². The number of rotatable bonds is 4. The third-order valence-corrected chi connectivity index (χ3v) is 3.76. The molecule has 110 valence electrons. The van der Waals surface area contributed by atoms with Crippen molar-refractivity contribution in [2.45, 2.75) is 0 Å². The average Bonchev–Trinajstić information content (AvgIpc) is 2.41. The fourth-order valence-electron chi connectivity index (χ4n) is 1.51. The van der Waals surface area contributed by atoms with Crippen LogP contribution in [0.4, 0.5) is 10.1 Å². The Bertz CT molecular complexity index is 682. The standard InChI is InChI=1S/C14H9Br2ClFNO2/c15-8-1-3-12(10(17)5-8)19-14(20)7-21-13-4-2-9(16)6-11(13)18/h1-6H,7H2,(H,19,20). The van der Waals surface area contributed by atoms with Crippen LogP contribution in [-0.2, 0) is 4.79 Å². The molecule has 0 heterocycles. The Hall–Kier alpha value is -1.11. The molecule has 2 rings (SSSR count). The summed E-state index contributed by atoms with van der Waals surface area (Å²) in [6.45, 7) is -0.315. The number of nitrogens with one attached hydrogen (secondary N) is 1. The van der Waals surface area contributed by atoms with Crippen LogP contribution in [0.5, 0.6) is 5.75 Å². The largest absolute Gasteiger partial charge is 0.481 e. The Kier molecular flexibility index (Phi) is 5.61. The van der Waals surface area contributed by atoms with E-state index in [0.717, 1.165) is 4.47 Å². The predicted molar refractivity (Wildman–Crippen MR) is 87.4 cm³/mol. The van der Waals surface area contributed by atoms with E-state index >= 15 is 0 Å². The molecular formula is C14H9Br2ClFNO2. The lowest BCUT2D eigenvalue weighted by molar-refractivity contribution is -0.118. The lowest BCUT2D eigenvalue weighted by atomic mass is 10.3. The first-order valence-electron chi connectivity index (χ1n) is 5.78. The summed E-state index contributed by atoms with van der Waals surface area (Å²) in [7, 11) is 0. The first-order valence-corrected chi connectivity index (χ1v) is 7.75. The Balaban J connectivity index is 1.96. The maximum Gasteiger partial charge on any atom is 0.262 e. The summed E-state index contributed by atoms with van der Waals surface area (Å²) in [5.41, 5.74) is 0.463. The van der Waals surface area contributed by atoms with E-state index in [1.165, 1.54) is 12.1 Å². The van der Waals surface area contributed by atoms with E-state index in [0.29, 0.717) is 15.2 Å². The molecule has 3 nitrogen and oxygen atoms in total. The number of halogens is 4. The second kappa shape index (κ2) is 7.24. The normalized spacial score (nSPS) is 10.3. The fourth-order valence-corrected chi connectivity index (χ4v) is 2.57. The van der Waals surface area contributed by atoms with Gasteiger partial charge in [0.15, 0.2) is 18.2 Å². The van der Waals surface area contributed by atoms with Crippen molar-refractivity contribution >= 4 is 55.1 Å². The molecule has 21 heavy (non-hydrogen) atoms. The smallest absolute Gasteiger partial charge is 0.262 e. The summed E-state index contributed by atoms with van der Waals surface area (Å²) in [6.07, 6.45) is 0. The molecule has 0 aliphatic carbocycles. The molecule has 0 fully saturated rings. The van der Waals surface area contributed by atoms with Gasteiger partial charge in [-0.1, -0.05) is 43.5 Å². The number of benzene rings is 2. The number of amides is 1. The van der Waals surface area contributed by atoms with Crippen molar-refractivity contribution in [3.63, 3.8) is 0 Å². The highest BCUT2D eigenvalue weighted by atomic mass is 79.9. The maximum atomic E-state index is 13.5. The van der Waals surface area contributed by atoms with Crippen LogP contribution in [0.1, 0.15) is 0 Å². The Morgan fingerprint density at radius 2 is 1.86 bits per heavy atom. The third kappa shape index (κ3) is 4.69. The van der Waals surface area contributed by atoms with Gasteiger partial charge in [0.2, 0.25) is 0 Å². The molecule has 0 saturated heterocycles. The van der Waals surface area contributed by atoms with Gasteiger partial charge in [0.05, 0.1) is 10.7 Å². The molecule has 0 radical (unpaired) electrons. The van der Waals surface area contributed by atoms with Crippen molar-refractivity contribution in [3.05, 3.63) is 56.2 Å². The van der Waals surface area contributed by atoms with E-state index in [4.69, 9.17) is 16.3 Å². The van der Waals surface area contributed by atoms with E-state index in [1.807, 2.05) is 0 Å².